The van der Waals surface area contributed by atoms with Crippen molar-refractivity contribution >= 4 is 23.4 Å². The number of benzene rings is 1. The molecule has 102 valence electrons. The van der Waals surface area contributed by atoms with Gasteiger partial charge in [-0.2, -0.15) is 0 Å². The molecule has 2 aliphatic rings. The van der Waals surface area contributed by atoms with Crippen molar-refractivity contribution in [3.63, 3.8) is 0 Å². The number of thioether (sulfide) groups is 1. The van der Waals surface area contributed by atoms with Crippen molar-refractivity contribution in [2.45, 2.75) is 37.1 Å². The minimum atomic E-state index is 0.148. The highest BCUT2D eigenvalue weighted by Crippen LogP contribution is 2.32. The molecule has 1 unspecified atom stereocenters. The average molecular weight is 276 g/mol. The van der Waals surface area contributed by atoms with Crippen molar-refractivity contribution in [1.29, 1.82) is 0 Å². The molecule has 1 aromatic carbocycles. The molecule has 1 amide bonds. The highest BCUT2D eigenvalue weighted by atomic mass is 32.2. The number of hydrogen-bond acceptors (Lipinski definition) is 3. The van der Waals surface area contributed by atoms with E-state index in [1.54, 1.807) is 6.92 Å². The average Bonchev–Trinajstić information content (AvgIpc) is 3.05. The van der Waals surface area contributed by atoms with E-state index in [-0.39, 0.29) is 5.91 Å². The van der Waals surface area contributed by atoms with Crippen molar-refractivity contribution in [2.24, 2.45) is 0 Å². The highest BCUT2D eigenvalue weighted by molar-refractivity contribution is 7.99. The number of nitrogens with zero attached hydrogens (tertiary/aromatic N) is 1. The Bertz CT molecular complexity index is 483. The summed E-state index contributed by atoms with van der Waals surface area (Å²) in [5.74, 6) is 1.30. The van der Waals surface area contributed by atoms with Crippen LogP contribution in [0, 0.1) is 0 Å². The lowest BCUT2D eigenvalue weighted by atomic mass is 10.2. The van der Waals surface area contributed by atoms with Crippen LogP contribution in [0.5, 0.6) is 0 Å². The summed E-state index contributed by atoms with van der Waals surface area (Å²) < 4.78 is 0. The second kappa shape index (κ2) is 5.55. The molecule has 1 aromatic rings. The highest BCUT2D eigenvalue weighted by Gasteiger charge is 2.22. The predicted octanol–water partition coefficient (Wildman–Crippen LogP) is 2.44. The van der Waals surface area contributed by atoms with Gasteiger partial charge in [-0.05, 0) is 49.6 Å². The Morgan fingerprint density at radius 2 is 2.42 bits per heavy atom. The van der Waals surface area contributed by atoms with Gasteiger partial charge in [-0.15, -0.1) is 11.8 Å². The first-order valence-corrected chi connectivity index (χ1v) is 8.00. The molecular weight excluding hydrogens is 256 g/mol. The molecule has 3 rings (SSSR count). The van der Waals surface area contributed by atoms with E-state index in [4.69, 9.17) is 0 Å². The molecule has 2 heterocycles. The first-order valence-electron chi connectivity index (χ1n) is 7.01. The first-order chi connectivity index (χ1) is 9.24. The van der Waals surface area contributed by atoms with Gasteiger partial charge in [0.05, 0.1) is 0 Å². The Hall–Kier alpha value is -1.00. The third kappa shape index (κ3) is 2.79. The SMILES string of the molecule is CC(=O)N1CCc2cc(SCC3CCCN3)ccc21. The Morgan fingerprint density at radius 1 is 1.53 bits per heavy atom. The number of nitrogens with one attached hydrogen (secondary N) is 1. The minimum absolute atomic E-state index is 0.148. The summed E-state index contributed by atoms with van der Waals surface area (Å²) in [5, 5.41) is 3.53. The van der Waals surface area contributed by atoms with Crippen LogP contribution < -0.4 is 10.2 Å². The molecule has 0 spiro atoms. The smallest absolute Gasteiger partial charge is 0.223 e. The van der Waals surface area contributed by atoms with Gasteiger partial charge in [-0.25, -0.2) is 0 Å². The molecular formula is C15H20N2OS. The van der Waals surface area contributed by atoms with Gasteiger partial charge in [-0.1, -0.05) is 0 Å². The van der Waals surface area contributed by atoms with Gasteiger partial charge in [-0.3, -0.25) is 4.79 Å². The summed E-state index contributed by atoms with van der Waals surface area (Å²) in [7, 11) is 0. The maximum Gasteiger partial charge on any atom is 0.223 e. The van der Waals surface area contributed by atoms with E-state index in [1.165, 1.54) is 29.8 Å². The largest absolute Gasteiger partial charge is 0.313 e. The monoisotopic (exact) mass is 276 g/mol. The van der Waals surface area contributed by atoms with E-state index in [1.807, 2.05) is 16.7 Å². The van der Waals surface area contributed by atoms with Crippen LogP contribution in [-0.4, -0.2) is 30.8 Å². The van der Waals surface area contributed by atoms with Crippen LogP contribution in [0.4, 0.5) is 5.69 Å². The van der Waals surface area contributed by atoms with Gasteiger partial charge in [0.1, 0.15) is 0 Å². The summed E-state index contributed by atoms with van der Waals surface area (Å²) in [6.45, 7) is 3.65. The molecule has 19 heavy (non-hydrogen) atoms. The molecule has 0 bridgehead atoms. The molecule has 1 N–H and O–H groups in total. The maximum absolute atomic E-state index is 11.5. The van der Waals surface area contributed by atoms with Gasteiger partial charge in [0.25, 0.3) is 0 Å². The third-order valence-corrected chi connectivity index (χ3v) is 5.10. The summed E-state index contributed by atoms with van der Waals surface area (Å²) in [5.41, 5.74) is 2.43. The van der Waals surface area contributed by atoms with Gasteiger partial charge < -0.3 is 10.2 Å². The van der Waals surface area contributed by atoms with Crippen LogP contribution in [0.15, 0.2) is 23.1 Å². The predicted molar refractivity (Wildman–Crippen MR) is 79.9 cm³/mol. The zero-order valence-corrected chi connectivity index (χ0v) is 12.1. The standard InChI is InChI=1S/C15H20N2OS/c1-11(18)17-8-6-12-9-14(4-5-15(12)17)19-10-13-3-2-7-16-13/h4-5,9,13,16H,2-3,6-8,10H2,1H3. The van der Waals surface area contributed by atoms with Crippen LogP contribution in [0.25, 0.3) is 0 Å². The number of amides is 1. The summed E-state index contributed by atoms with van der Waals surface area (Å²) >= 11 is 1.93. The van der Waals surface area contributed by atoms with E-state index in [2.05, 4.69) is 23.5 Å². The van der Waals surface area contributed by atoms with Crippen LogP contribution in [0.2, 0.25) is 0 Å². The number of carbonyl (C=O) groups excluding carboxylic acids is 1. The van der Waals surface area contributed by atoms with E-state index in [0.717, 1.165) is 24.4 Å². The minimum Gasteiger partial charge on any atom is -0.313 e. The van der Waals surface area contributed by atoms with E-state index < -0.39 is 0 Å². The number of rotatable bonds is 3. The maximum atomic E-state index is 11.5. The lowest BCUT2D eigenvalue weighted by molar-refractivity contribution is -0.116. The number of carbonyl (C=O) groups is 1. The second-order valence-corrected chi connectivity index (χ2v) is 6.41. The molecule has 0 saturated carbocycles. The van der Waals surface area contributed by atoms with Gasteiger partial charge in [0.2, 0.25) is 5.91 Å². The Labute approximate surface area is 118 Å². The quantitative estimate of drug-likeness (QED) is 0.861. The Balaban J connectivity index is 1.66. The summed E-state index contributed by atoms with van der Waals surface area (Å²) in [6, 6.07) is 7.19. The van der Waals surface area contributed by atoms with Crippen molar-refractivity contribution < 1.29 is 4.79 Å². The Morgan fingerprint density at radius 3 is 3.16 bits per heavy atom. The summed E-state index contributed by atoms with van der Waals surface area (Å²) in [6.07, 6.45) is 3.60. The number of fused-ring (bicyclic) bond motifs is 1. The normalized spacial score (nSPS) is 21.7. The summed E-state index contributed by atoms with van der Waals surface area (Å²) in [4.78, 5) is 14.7. The van der Waals surface area contributed by atoms with Gasteiger partial charge in [0.15, 0.2) is 0 Å². The molecule has 0 aromatic heterocycles. The van der Waals surface area contributed by atoms with Gasteiger partial charge >= 0.3 is 0 Å². The van der Waals surface area contributed by atoms with Crippen molar-refractivity contribution in [2.75, 3.05) is 23.7 Å². The zero-order chi connectivity index (χ0) is 13.2. The fourth-order valence-electron chi connectivity index (χ4n) is 2.89. The topological polar surface area (TPSA) is 32.3 Å². The lowest BCUT2D eigenvalue weighted by Gasteiger charge is -2.15. The van der Waals surface area contributed by atoms with Crippen LogP contribution >= 0.6 is 11.8 Å². The number of anilines is 1. The van der Waals surface area contributed by atoms with E-state index >= 15 is 0 Å². The third-order valence-electron chi connectivity index (χ3n) is 3.94. The van der Waals surface area contributed by atoms with E-state index in [9.17, 15) is 4.79 Å². The lowest BCUT2D eigenvalue weighted by Crippen LogP contribution is -2.25. The first kappa shape index (κ1) is 13.0. The molecule has 0 aliphatic carbocycles. The fraction of sp³-hybridized carbons (Fsp3) is 0.533. The van der Waals surface area contributed by atoms with Crippen LogP contribution in [0.3, 0.4) is 0 Å². The zero-order valence-electron chi connectivity index (χ0n) is 11.3. The Kier molecular flexibility index (Phi) is 3.80. The van der Waals surface area contributed by atoms with Crippen molar-refractivity contribution in [3.8, 4) is 0 Å². The fourth-order valence-corrected chi connectivity index (χ4v) is 3.96. The van der Waals surface area contributed by atoms with Crippen LogP contribution in [-0.2, 0) is 11.2 Å². The molecule has 1 fully saturated rings. The van der Waals surface area contributed by atoms with Crippen LogP contribution in [0.1, 0.15) is 25.3 Å². The van der Waals surface area contributed by atoms with Crippen molar-refractivity contribution in [3.05, 3.63) is 23.8 Å². The molecule has 1 atom stereocenters. The second-order valence-electron chi connectivity index (χ2n) is 5.32. The van der Waals surface area contributed by atoms with Crippen molar-refractivity contribution in [1.82, 2.24) is 5.32 Å². The molecule has 4 heteroatoms. The molecule has 1 saturated heterocycles. The molecule has 2 aliphatic heterocycles. The molecule has 3 nitrogen and oxygen atoms in total. The molecule has 0 radical (unpaired) electrons. The number of hydrogen-bond donors (Lipinski definition) is 1. The van der Waals surface area contributed by atoms with E-state index in [0.29, 0.717) is 6.04 Å². The van der Waals surface area contributed by atoms with Gasteiger partial charge in [0, 0.05) is 35.8 Å².